The van der Waals surface area contributed by atoms with Gasteiger partial charge in [0.05, 0.1) is 13.2 Å². The number of hydrogen-bond acceptors (Lipinski definition) is 4. The molecule has 1 atom stereocenters. The molecular formula is C20H25N3O3. The van der Waals surface area contributed by atoms with Crippen LogP contribution in [0.3, 0.4) is 0 Å². The zero-order chi connectivity index (χ0) is 18.8. The Hall–Kier alpha value is -2.70. The molecule has 0 radical (unpaired) electrons. The van der Waals surface area contributed by atoms with Gasteiger partial charge in [0.1, 0.15) is 0 Å². The Morgan fingerprint density at radius 2 is 1.85 bits per heavy atom. The molecule has 0 saturated carbocycles. The zero-order valence-corrected chi connectivity index (χ0v) is 15.1. The number of methoxy groups -OCH3 is 1. The summed E-state index contributed by atoms with van der Waals surface area (Å²) >= 11 is 0. The van der Waals surface area contributed by atoms with Crippen LogP contribution < -0.4 is 16.0 Å². The monoisotopic (exact) mass is 355 g/mol. The Morgan fingerprint density at radius 3 is 2.58 bits per heavy atom. The highest BCUT2D eigenvalue weighted by atomic mass is 16.5. The van der Waals surface area contributed by atoms with Crippen LogP contribution in [0.5, 0.6) is 0 Å². The highest BCUT2D eigenvalue weighted by molar-refractivity contribution is 5.97. The second-order valence-electron chi connectivity index (χ2n) is 5.89. The van der Waals surface area contributed by atoms with Crippen molar-refractivity contribution in [2.24, 2.45) is 0 Å². The van der Waals surface area contributed by atoms with Gasteiger partial charge in [0.15, 0.2) is 0 Å². The van der Waals surface area contributed by atoms with Gasteiger partial charge in [0, 0.05) is 30.9 Å². The van der Waals surface area contributed by atoms with Crippen LogP contribution in [-0.4, -0.2) is 38.6 Å². The quantitative estimate of drug-likeness (QED) is 0.603. The molecule has 0 saturated heterocycles. The summed E-state index contributed by atoms with van der Waals surface area (Å²) in [4.78, 5) is 24.2. The van der Waals surface area contributed by atoms with E-state index in [0.717, 1.165) is 5.56 Å². The van der Waals surface area contributed by atoms with Gasteiger partial charge in [0.25, 0.3) is 5.91 Å². The number of anilines is 1. The van der Waals surface area contributed by atoms with E-state index in [1.54, 1.807) is 31.4 Å². The Balaban J connectivity index is 1.85. The first-order chi connectivity index (χ1) is 12.6. The van der Waals surface area contributed by atoms with Crippen LogP contribution in [0.4, 0.5) is 5.69 Å². The van der Waals surface area contributed by atoms with Crippen LogP contribution in [0, 0.1) is 0 Å². The van der Waals surface area contributed by atoms with Crippen LogP contribution in [0.2, 0.25) is 0 Å². The van der Waals surface area contributed by atoms with E-state index in [1.807, 2.05) is 37.3 Å². The fourth-order valence-corrected chi connectivity index (χ4v) is 2.42. The maximum atomic E-state index is 12.1. The van der Waals surface area contributed by atoms with Crippen LogP contribution in [0.1, 0.15) is 28.9 Å². The summed E-state index contributed by atoms with van der Waals surface area (Å²) in [6.45, 7) is 3.08. The molecule has 2 rings (SSSR count). The maximum absolute atomic E-state index is 12.1. The van der Waals surface area contributed by atoms with Gasteiger partial charge >= 0.3 is 0 Å². The maximum Gasteiger partial charge on any atom is 0.251 e. The fourth-order valence-electron chi connectivity index (χ4n) is 2.42. The predicted molar refractivity (Wildman–Crippen MR) is 102 cm³/mol. The molecule has 0 fully saturated rings. The summed E-state index contributed by atoms with van der Waals surface area (Å²) in [7, 11) is 1.58. The topological polar surface area (TPSA) is 79.5 Å². The summed E-state index contributed by atoms with van der Waals surface area (Å²) in [5.41, 5.74) is 2.20. The molecule has 0 aromatic heterocycles. The Bertz CT molecular complexity index is 719. The minimum Gasteiger partial charge on any atom is -0.383 e. The highest BCUT2D eigenvalue weighted by Gasteiger charge is 2.09. The van der Waals surface area contributed by atoms with Crippen molar-refractivity contribution in [1.29, 1.82) is 0 Å². The van der Waals surface area contributed by atoms with Crippen molar-refractivity contribution < 1.29 is 14.3 Å². The van der Waals surface area contributed by atoms with Gasteiger partial charge in [-0.3, -0.25) is 9.59 Å². The standard InChI is InChI=1S/C20H25N3O3/c1-15(16-7-4-3-5-8-16)22-14-19(24)23-18-10-6-9-17(13-18)20(25)21-11-12-26-2/h3-10,13,15,22H,11-12,14H2,1-2H3,(H,21,25)(H,23,24). The second-order valence-corrected chi connectivity index (χ2v) is 5.89. The number of carbonyl (C=O) groups excluding carboxylic acids is 2. The molecule has 0 aliphatic carbocycles. The van der Waals surface area contributed by atoms with Gasteiger partial charge in [-0.15, -0.1) is 0 Å². The first-order valence-electron chi connectivity index (χ1n) is 8.55. The highest BCUT2D eigenvalue weighted by Crippen LogP contribution is 2.12. The van der Waals surface area contributed by atoms with E-state index in [2.05, 4.69) is 16.0 Å². The van der Waals surface area contributed by atoms with E-state index >= 15 is 0 Å². The Morgan fingerprint density at radius 1 is 1.08 bits per heavy atom. The van der Waals surface area contributed by atoms with Gasteiger partial charge in [0.2, 0.25) is 5.91 Å². The lowest BCUT2D eigenvalue weighted by Gasteiger charge is -2.14. The largest absolute Gasteiger partial charge is 0.383 e. The normalized spacial score (nSPS) is 11.6. The number of hydrogen-bond donors (Lipinski definition) is 3. The van der Waals surface area contributed by atoms with Crippen LogP contribution in [0.15, 0.2) is 54.6 Å². The van der Waals surface area contributed by atoms with Crippen molar-refractivity contribution >= 4 is 17.5 Å². The van der Waals surface area contributed by atoms with E-state index < -0.39 is 0 Å². The molecule has 0 heterocycles. The first kappa shape index (κ1) is 19.6. The number of benzene rings is 2. The van der Waals surface area contributed by atoms with Crippen molar-refractivity contribution in [1.82, 2.24) is 10.6 Å². The first-order valence-corrected chi connectivity index (χ1v) is 8.55. The summed E-state index contributed by atoms with van der Waals surface area (Å²) < 4.78 is 4.90. The lowest BCUT2D eigenvalue weighted by Crippen LogP contribution is -2.30. The van der Waals surface area contributed by atoms with Crippen LogP contribution >= 0.6 is 0 Å². The molecule has 2 aromatic rings. The van der Waals surface area contributed by atoms with Gasteiger partial charge < -0.3 is 20.7 Å². The van der Waals surface area contributed by atoms with Gasteiger partial charge in [-0.2, -0.15) is 0 Å². The van der Waals surface area contributed by atoms with Crippen molar-refractivity contribution in [3.63, 3.8) is 0 Å². The molecule has 0 aliphatic heterocycles. The van der Waals surface area contributed by atoms with E-state index in [0.29, 0.717) is 24.4 Å². The molecule has 1 unspecified atom stereocenters. The van der Waals surface area contributed by atoms with Crippen molar-refractivity contribution in [3.8, 4) is 0 Å². The van der Waals surface area contributed by atoms with Crippen molar-refractivity contribution in [2.75, 3.05) is 32.1 Å². The second kappa shape index (κ2) is 10.3. The minimum atomic E-state index is -0.200. The smallest absolute Gasteiger partial charge is 0.251 e. The average molecular weight is 355 g/mol. The van der Waals surface area contributed by atoms with Crippen molar-refractivity contribution in [3.05, 3.63) is 65.7 Å². The van der Waals surface area contributed by atoms with E-state index in [4.69, 9.17) is 4.74 Å². The van der Waals surface area contributed by atoms with Gasteiger partial charge in [-0.05, 0) is 30.7 Å². The SMILES string of the molecule is COCCNC(=O)c1cccc(NC(=O)CNC(C)c2ccccc2)c1. The molecule has 0 bridgehead atoms. The number of amides is 2. The number of nitrogens with one attached hydrogen (secondary N) is 3. The zero-order valence-electron chi connectivity index (χ0n) is 15.1. The van der Waals surface area contributed by atoms with E-state index in [1.165, 1.54) is 0 Å². The number of carbonyl (C=O) groups is 2. The fraction of sp³-hybridized carbons (Fsp3) is 0.300. The van der Waals surface area contributed by atoms with Gasteiger partial charge in [-0.1, -0.05) is 36.4 Å². The summed E-state index contributed by atoms with van der Waals surface area (Å²) in [5.74, 6) is -0.362. The molecular weight excluding hydrogens is 330 g/mol. The Labute approximate surface area is 153 Å². The third kappa shape index (κ3) is 6.31. The van der Waals surface area contributed by atoms with Gasteiger partial charge in [-0.25, -0.2) is 0 Å². The van der Waals surface area contributed by atoms with Crippen molar-refractivity contribution in [2.45, 2.75) is 13.0 Å². The van der Waals surface area contributed by atoms with Crippen LogP contribution in [-0.2, 0) is 9.53 Å². The third-order valence-electron chi connectivity index (χ3n) is 3.87. The summed E-state index contributed by atoms with van der Waals surface area (Å²) in [6.07, 6.45) is 0. The minimum absolute atomic E-state index is 0.0693. The van der Waals surface area contributed by atoms with Crippen LogP contribution in [0.25, 0.3) is 0 Å². The lowest BCUT2D eigenvalue weighted by molar-refractivity contribution is -0.115. The summed E-state index contributed by atoms with van der Waals surface area (Å²) in [5, 5.41) is 8.74. The molecule has 6 nitrogen and oxygen atoms in total. The Kier molecular flexibility index (Phi) is 7.79. The van der Waals surface area contributed by atoms with E-state index in [-0.39, 0.29) is 24.4 Å². The predicted octanol–water partition coefficient (Wildman–Crippen LogP) is 2.35. The molecule has 26 heavy (non-hydrogen) atoms. The molecule has 0 spiro atoms. The summed E-state index contributed by atoms with van der Waals surface area (Å²) in [6, 6.07) is 16.8. The molecule has 2 aromatic carbocycles. The lowest BCUT2D eigenvalue weighted by atomic mass is 10.1. The molecule has 6 heteroatoms. The third-order valence-corrected chi connectivity index (χ3v) is 3.87. The molecule has 2 amide bonds. The number of ether oxygens (including phenoxy) is 1. The van der Waals surface area contributed by atoms with E-state index in [9.17, 15) is 9.59 Å². The molecule has 138 valence electrons. The molecule has 3 N–H and O–H groups in total. The number of rotatable bonds is 9. The molecule has 0 aliphatic rings. The average Bonchev–Trinajstić information content (AvgIpc) is 2.67.